The first-order valence-corrected chi connectivity index (χ1v) is 9.47. The lowest BCUT2D eigenvalue weighted by molar-refractivity contribution is -0.152. The van der Waals surface area contributed by atoms with Crippen LogP contribution in [-0.4, -0.2) is 18.7 Å². The Morgan fingerprint density at radius 2 is 1.72 bits per heavy atom. The Hall–Kier alpha value is -3.28. The van der Waals surface area contributed by atoms with Gasteiger partial charge in [-0.1, -0.05) is 31.5 Å². The summed E-state index contributed by atoms with van der Waals surface area (Å²) in [5.74, 6) is 0.859. The summed E-state index contributed by atoms with van der Waals surface area (Å²) in [4.78, 5) is 24.7. The van der Waals surface area contributed by atoms with Crippen LogP contribution in [0.3, 0.4) is 0 Å². The van der Waals surface area contributed by atoms with E-state index >= 15 is 0 Å². The molecule has 1 atom stereocenters. The number of carbonyl (C=O) groups is 1. The Balaban J connectivity index is 1.76. The van der Waals surface area contributed by atoms with Crippen molar-refractivity contribution in [1.29, 1.82) is 0 Å². The summed E-state index contributed by atoms with van der Waals surface area (Å²) in [6, 6.07) is 12.1. The molecule has 29 heavy (non-hydrogen) atoms. The van der Waals surface area contributed by atoms with Crippen molar-refractivity contribution in [3.63, 3.8) is 0 Å². The number of hydrogen-bond donors (Lipinski definition) is 0. The first kappa shape index (κ1) is 20.5. The molecule has 0 radical (unpaired) electrons. The molecule has 0 aliphatic heterocycles. The molecule has 0 fully saturated rings. The molecule has 1 aromatic heterocycles. The Kier molecular flexibility index (Phi) is 6.22. The van der Waals surface area contributed by atoms with Crippen molar-refractivity contribution in [2.24, 2.45) is 5.92 Å². The van der Waals surface area contributed by atoms with Gasteiger partial charge in [0.1, 0.15) is 23.3 Å². The van der Waals surface area contributed by atoms with Crippen molar-refractivity contribution in [3.8, 4) is 17.2 Å². The van der Waals surface area contributed by atoms with Gasteiger partial charge in [-0.05, 0) is 44.0 Å². The third-order valence-electron chi connectivity index (χ3n) is 4.17. The van der Waals surface area contributed by atoms with E-state index in [9.17, 15) is 9.59 Å². The fourth-order valence-corrected chi connectivity index (χ4v) is 2.59. The van der Waals surface area contributed by atoms with Gasteiger partial charge in [-0.15, -0.1) is 0 Å². The molecule has 152 valence electrons. The minimum Gasteiger partial charge on any atom is -0.479 e. The minimum absolute atomic E-state index is 0.0978. The number of ether oxygens (including phenoxy) is 3. The zero-order valence-corrected chi connectivity index (χ0v) is 16.9. The van der Waals surface area contributed by atoms with Gasteiger partial charge in [0.15, 0.2) is 6.10 Å². The summed E-state index contributed by atoms with van der Waals surface area (Å²) in [5, 5.41) is 0.358. The Morgan fingerprint density at radius 3 is 2.41 bits per heavy atom. The normalized spacial score (nSPS) is 12.0. The number of carbonyl (C=O) groups excluding carboxylic acids is 1. The van der Waals surface area contributed by atoms with Gasteiger partial charge in [0, 0.05) is 6.07 Å². The molecule has 0 aliphatic carbocycles. The summed E-state index contributed by atoms with van der Waals surface area (Å²) in [6.07, 6.45) is 0.497. The van der Waals surface area contributed by atoms with Crippen LogP contribution in [0.1, 0.15) is 26.3 Å². The SMILES string of the molecule is Cc1ccc(Oc2coc3cc(O[C@H](C)C(=O)OCC(C)C)ccc3c2=O)cc1. The maximum Gasteiger partial charge on any atom is 0.347 e. The number of benzene rings is 2. The molecule has 3 aromatic rings. The van der Waals surface area contributed by atoms with Crippen molar-refractivity contribution in [2.75, 3.05) is 6.61 Å². The summed E-state index contributed by atoms with van der Waals surface area (Å²) in [5.41, 5.74) is 1.15. The summed E-state index contributed by atoms with van der Waals surface area (Å²) >= 11 is 0. The van der Waals surface area contributed by atoms with Crippen LogP contribution in [-0.2, 0) is 9.53 Å². The fraction of sp³-hybridized carbons (Fsp3) is 0.304. The molecule has 0 spiro atoms. The molecule has 0 unspecified atom stereocenters. The van der Waals surface area contributed by atoms with Gasteiger partial charge in [-0.3, -0.25) is 4.79 Å². The van der Waals surface area contributed by atoms with E-state index in [2.05, 4.69) is 0 Å². The zero-order chi connectivity index (χ0) is 21.0. The predicted octanol–water partition coefficient (Wildman–Crippen LogP) is 4.86. The van der Waals surface area contributed by atoms with Crippen molar-refractivity contribution in [3.05, 3.63) is 64.5 Å². The number of fused-ring (bicyclic) bond motifs is 1. The average Bonchev–Trinajstić information content (AvgIpc) is 2.69. The first-order valence-electron chi connectivity index (χ1n) is 9.47. The standard InChI is InChI=1S/C23H24O6/c1-14(2)12-27-23(25)16(4)28-18-9-10-19-20(11-18)26-13-21(22(19)24)29-17-7-5-15(3)6-8-17/h5-11,13-14,16H,12H2,1-4H3/t16-/m1/s1. The third kappa shape index (κ3) is 5.16. The molecule has 0 amide bonds. The second kappa shape index (κ2) is 8.82. The van der Waals surface area contributed by atoms with Crippen LogP contribution in [0.15, 0.2) is 57.9 Å². The molecule has 0 bridgehead atoms. The van der Waals surface area contributed by atoms with Gasteiger partial charge in [0.05, 0.1) is 12.0 Å². The number of hydrogen-bond acceptors (Lipinski definition) is 6. The fourth-order valence-electron chi connectivity index (χ4n) is 2.59. The van der Waals surface area contributed by atoms with Crippen LogP contribution < -0.4 is 14.9 Å². The summed E-state index contributed by atoms with van der Waals surface area (Å²) in [7, 11) is 0. The molecular weight excluding hydrogens is 372 g/mol. The maximum absolute atomic E-state index is 12.7. The Morgan fingerprint density at radius 1 is 1.03 bits per heavy atom. The van der Waals surface area contributed by atoms with Crippen molar-refractivity contribution < 1.29 is 23.4 Å². The van der Waals surface area contributed by atoms with E-state index in [1.165, 1.54) is 6.26 Å². The molecule has 1 heterocycles. The lowest BCUT2D eigenvalue weighted by atomic mass is 10.2. The summed E-state index contributed by atoms with van der Waals surface area (Å²) in [6.45, 7) is 7.84. The highest BCUT2D eigenvalue weighted by molar-refractivity contribution is 5.79. The highest BCUT2D eigenvalue weighted by atomic mass is 16.6. The minimum atomic E-state index is -0.776. The van der Waals surface area contributed by atoms with Gasteiger partial charge in [0.25, 0.3) is 0 Å². The van der Waals surface area contributed by atoms with Gasteiger partial charge in [-0.25, -0.2) is 4.79 Å². The second-order valence-corrected chi connectivity index (χ2v) is 7.29. The van der Waals surface area contributed by atoms with Crippen molar-refractivity contribution in [1.82, 2.24) is 0 Å². The van der Waals surface area contributed by atoms with Crippen LogP contribution >= 0.6 is 0 Å². The molecule has 0 aliphatic rings. The number of aryl methyl sites for hydroxylation is 1. The van der Waals surface area contributed by atoms with E-state index in [0.29, 0.717) is 29.1 Å². The molecule has 6 nitrogen and oxygen atoms in total. The molecule has 0 N–H and O–H groups in total. The predicted molar refractivity (Wildman–Crippen MR) is 110 cm³/mol. The zero-order valence-electron chi connectivity index (χ0n) is 16.9. The van der Waals surface area contributed by atoms with Gasteiger partial charge in [-0.2, -0.15) is 0 Å². The highest BCUT2D eigenvalue weighted by Gasteiger charge is 2.18. The van der Waals surface area contributed by atoms with Crippen LogP contribution in [0.4, 0.5) is 0 Å². The molecule has 6 heteroatoms. The maximum atomic E-state index is 12.7. The molecule has 3 rings (SSSR count). The van der Waals surface area contributed by atoms with Crippen LogP contribution in [0.5, 0.6) is 17.2 Å². The van der Waals surface area contributed by atoms with Gasteiger partial charge >= 0.3 is 5.97 Å². The molecule has 0 saturated heterocycles. The lowest BCUT2D eigenvalue weighted by Crippen LogP contribution is -2.27. The van der Waals surface area contributed by atoms with Gasteiger partial charge < -0.3 is 18.6 Å². The average molecular weight is 396 g/mol. The monoisotopic (exact) mass is 396 g/mol. The van der Waals surface area contributed by atoms with E-state index in [1.807, 2.05) is 32.9 Å². The van der Waals surface area contributed by atoms with E-state index in [4.69, 9.17) is 18.6 Å². The first-order chi connectivity index (χ1) is 13.8. The number of esters is 1. The topological polar surface area (TPSA) is 75.0 Å². The molecule has 2 aromatic carbocycles. The molecule has 0 saturated carbocycles. The van der Waals surface area contributed by atoms with E-state index in [1.54, 1.807) is 37.3 Å². The Labute approximate surface area is 169 Å². The van der Waals surface area contributed by atoms with Crippen LogP contribution in [0.25, 0.3) is 11.0 Å². The second-order valence-electron chi connectivity index (χ2n) is 7.29. The van der Waals surface area contributed by atoms with Crippen molar-refractivity contribution >= 4 is 16.9 Å². The van der Waals surface area contributed by atoms with E-state index < -0.39 is 12.1 Å². The molecular formula is C23H24O6. The number of rotatable bonds is 7. The lowest BCUT2D eigenvalue weighted by Gasteiger charge is -2.15. The highest BCUT2D eigenvalue weighted by Crippen LogP contribution is 2.24. The quantitative estimate of drug-likeness (QED) is 0.531. The Bertz CT molecular complexity index is 1050. The largest absolute Gasteiger partial charge is 0.479 e. The van der Waals surface area contributed by atoms with E-state index in [-0.39, 0.29) is 17.1 Å². The van der Waals surface area contributed by atoms with Crippen molar-refractivity contribution in [2.45, 2.75) is 33.8 Å². The third-order valence-corrected chi connectivity index (χ3v) is 4.17. The van der Waals surface area contributed by atoms with E-state index in [0.717, 1.165) is 5.56 Å². The smallest absolute Gasteiger partial charge is 0.347 e. The van der Waals surface area contributed by atoms with Crippen LogP contribution in [0.2, 0.25) is 0 Å². The summed E-state index contributed by atoms with van der Waals surface area (Å²) < 4.78 is 22.0. The van der Waals surface area contributed by atoms with Crippen LogP contribution in [0, 0.1) is 12.8 Å². The van der Waals surface area contributed by atoms with Gasteiger partial charge in [0.2, 0.25) is 11.2 Å².